The summed E-state index contributed by atoms with van der Waals surface area (Å²) in [5.41, 5.74) is 2.34. The van der Waals surface area contributed by atoms with Gasteiger partial charge in [0.25, 0.3) is 5.24 Å². The van der Waals surface area contributed by atoms with E-state index in [-0.39, 0.29) is 28.2 Å². The molecule has 63 heavy (non-hydrogen) atoms. The minimum absolute atomic E-state index is 0.0153. The van der Waals surface area contributed by atoms with E-state index in [0.717, 1.165) is 24.5 Å². The lowest BCUT2D eigenvalue weighted by Crippen LogP contribution is -2.05. The average Bonchev–Trinajstić information content (AvgIpc) is 4.03. The summed E-state index contributed by atoms with van der Waals surface area (Å²) >= 11 is 15.0. The second kappa shape index (κ2) is 20.7. The minimum Gasteiger partial charge on any atom is -0.505 e. The van der Waals surface area contributed by atoms with Gasteiger partial charge in [0.2, 0.25) is 0 Å². The van der Waals surface area contributed by atoms with E-state index in [1.807, 2.05) is 18.3 Å². The summed E-state index contributed by atoms with van der Waals surface area (Å²) in [4.78, 5) is 56.8. The van der Waals surface area contributed by atoms with Crippen molar-refractivity contribution in [2.24, 2.45) is 0 Å². The SMILES string of the molecule is Brc1cnc2[nH]ccc2c1.COc1cccc(C(=O)Cl)c1F.COc1cccc(C(=O)c2c[nH]c3ncc(Br)cc23)c1F.O=C(c1cccc(O)c1F)c1c[nH]c2ncc(Br)cc12. The average molecular weight is 1070 g/mol. The molecule has 0 aliphatic heterocycles. The predicted octanol–water partition coefficient (Wildman–Crippen LogP) is 11.6. The smallest absolute Gasteiger partial charge is 0.255 e. The lowest BCUT2D eigenvalue weighted by Gasteiger charge is -2.06. The molecule has 9 aromatic rings. The van der Waals surface area contributed by atoms with Gasteiger partial charge in [-0.25, -0.2) is 28.1 Å². The molecule has 0 saturated heterocycles. The van der Waals surface area contributed by atoms with E-state index < -0.39 is 40.0 Å². The Labute approximate surface area is 385 Å². The third-order valence-electron chi connectivity index (χ3n) is 8.90. The number of ketones is 2. The number of hydrogen-bond donors (Lipinski definition) is 4. The molecule has 0 saturated carbocycles. The van der Waals surface area contributed by atoms with Gasteiger partial charge in [0.05, 0.1) is 30.9 Å². The summed E-state index contributed by atoms with van der Waals surface area (Å²) in [7, 11) is 2.68. The second-order valence-electron chi connectivity index (χ2n) is 12.8. The van der Waals surface area contributed by atoms with Crippen LogP contribution in [0.4, 0.5) is 13.2 Å². The molecule has 6 aromatic heterocycles. The molecule has 0 fully saturated rings. The molecule has 9 rings (SSSR count). The number of halogens is 7. The number of aromatic nitrogens is 6. The first-order valence-electron chi connectivity index (χ1n) is 18.0. The van der Waals surface area contributed by atoms with Crippen molar-refractivity contribution in [1.82, 2.24) is 29.9 Å². The number of rotatable bonds is 7. The van der Waals surface area contributed by atoms with Gasteiger partial charge in [0.1, 0.15) is 16.9 Å². The maximum absolute atomic E-state index is 14.2. The molecule has 0 aliphatic rings. The first-order valence-corrected chi connectivity index (χ1v) is 20.7. The number of benzene rings is 3. The second-order valence-corrected chi connectivity index (χ2v) is 15.9. The van der Waals surface area contributed by atoms with Crippen molar-refractivity contribution in [3.63, 3.8) is 0 Å². The molecule has 0 amide bonds. The van der Waals surface area contributed by atoms with Crippen molar-refractivity contribution in [2.75, 3.05) is 14.2 Å². The predicted molar refractivity (Wildman–Crippen MR) is 242 cm³/mol. The zero-order chi connectivity index (χ0) is 45.4. The number of fused-ring (bicyclic) bond motifs is 3. The number of pyridine rings is 3. The van der Waals surface area contributed by atoms with Crippen LogP contribution in [0.15, 0.2) is 129 Å². The van der Waals surface area contributed by atoms with Crippen LogP contribution in [0.5, 0.6) is 17.2 Å². The highest BCUT2D eigenvalue weighted by atomic mass is 79.9. The fraction of sp³-hybridized carbons (Fsp3) is 0.0455. The number of phenolic OH excluding ortho intramolecular Hbond substituents is 1. The van der Waals surface area contributed by atoms with Crippen LogP contribution in [0.2, 0.25) is 0 Å². The van der Waals surface area contributed by atoms with Crippen LogP contribution in [0.3, 0.4) is 0 Å². The monoisotopic (exact) mass is 1070 g/mol. The van der Waals surface area contributed by atoms with E-state index in [1.54, 1.807) is 36.8 Å². The summed E-state index contributed by atoms with van der Waals surface area (Å²) in [6.45, 7) is 0. The molecule has 0 radical (unpaired) electrons. The molecule has 19 heteroatoms. The van der Waals surface area contributed by atoms with Gasteiger partial charge in [0, 0.05) is 77.9 Å². The number of methoxy groups -OCH3 is 2. The summed E-state index contributed by atoms with van der Waals surface area (Å²) in [5, 5.41) is 10.9. The van der Waals surface area contributed by atoms with E-state index in [0.29, 0.717) is 33.2 Å². The molecule has 6 heterocycles. The number of carbonyl (C=O) groups is 3. The summed E-state index contributed by atoms with van der Waals surface area (Å²) in [5.74, 6) is -3.73. The first-order chi connectivity index (χ1) is 30.2. The number of H-pyrrole nitrogens is 3. The highest BCUT2D eigenvalue weighted by molar-refractivity contribution is 9.11. The quantitative estimate of drug-likeness (QED) is 0.0894. The molecular weight excluding hydrogens is 1040 g/mol. The number of aromatic hydroxyl groups is 1. The summed E-state index contributed by atoms with van der Waals surface area (Å²) in [6, 6.07) is 20.2. The molecule has 0 aliphatic carbocycles. The van der Waals surface area contributed by atoms with Gasteiger partial charge in [-0.1, -0.05) is 18.2 Å². The highest BCUT2D eigenvalue weighted by Crippen LogP contribution is 2.28. The van der Waals surface area contributed by atoms with Crippen molar-refractivity contribution in [3.8, 4) is 17.2 Å². The molecule has 3 aromatic carbocycles. The van der Waals surface area contributed by atoms with Crippen LogP contribution in [-0.2, 0) is 0 Å². The fourth-order valence-electron chi connectivity index (χ4n) is 5.89. The minimum atomic E-state index is -0.921. The zero-order valence-electron chi connectivity index (χ0n) is 32.4. The van der Waals surface area contributed by atoms with Crippen molar-refractivity contribution < 1.29 is 42.1 Å². The Bertz CT molecular complexity index is 3140. The molecule has 320 valence electrons. The van der Waals surface area contributed by atoms with E-state index in [9.17, 15) is 32.7 Å². The van der Waals surface area contributed by atoms with Crippen molar-refractivity contribution >= 4 is 109 Å². The molecule has 0 spiro atoms. The van der Waals surface area contributed by atoms with Crippen LogP contribution in [0.1, 0.15) is 42.2 Å². The number of nitrogens with zero attached hydrogens (tertiary/aromatic N) is 3. The van der Waals surface area contributed by atoms with Crippen LogP contribution in [-0.4, -0.2) is 66.0 Å². The van der Waals surface area contributed by atoms with Crippen LogP contribution in [0, 0.1) is 17.5 Å². The number of carbonyl (C=O) groups excluding carboxylic acids is 3. The van der Waals surface area contributed by atoms with Crippen LogP contribution < -0.4 is 9.47 Å². The Morgan fingerprint density at radius 3 is 1.54 bits per heavy atom. The first kappa shape index (κ1) is 46.2. The van der Waals surface area contributed by atoms with Gasteiger partial charge >= 0.3 is 0 Å². The highest BCUT2D eigenvalue weighted by Gasteiger charge is 2.22. The topological polar surface area (TPSA) is 176 Å². The number of phenols is 1. The molecule has 0 bridgehead atoms. The van der Waals surface area contributed by atoms with Crippen molar-refractivity contribution in [2.45, 2.75) is 0 Å². The molecular formula is C44H29Br3ClF3N6O6. The molecule has 4 N–H and O–H groups in total. The van der Waals surface area contributed by atoms with E-state index in [2.05, 4.69) is 82.4 Å². The van der Waals surface area contributed by atoms with Gasteiger partial charge in [-0.05, 0) is 120 Å². The van der Waals surface area contributed by atoms with E-state index in [1.165, 1.54) is 75.1 Å². The van der Waals surface area contributed by atoms with Crippen molar-refractivity contribution in [1.29, 1.82) is 0 Å². The Kier molecular flexibility index (Phi) is 15.2. The lowest BCUT2D eigenvalue weighted by atomic mass is 10.0. The largest absolute Gasteiger partial charge is 0.505 e. The number of ether oxygens (including phenoxy) is 2. The fourth-order valence-corrected chi connectivity index (χ4v) is 7.05. The molecule has 12 nitrogen and oxygen atoms in total. The van der Waals surface area contributed by atoms with Crippen molar-refractivity contribution in [3.05, 3.63) is 175 Å². The van der Waals surface area contributed by atoms with Gasteiger partial charge in [-0.2, -0.15) is 0 Å². The van der Waals surface area contributed by atoms with E-state index >= 15 is 0 Å². The maximum atomic E-state index is 14.2. The maximum Gasteiger partial charge on any atom is 0.255 e. The van der Waals surface area contributed by atoms with Gasteiger partial charge < -0.3 is 29.5 Å². The Balaban J connectivity index is 0.000000146. The van der Waals surface area contributed by atoms with Crippen LogP contribution in [0.25, 0.3) is 33.1 Å². The molecule has 0 unspecified atom stereocenters. The summed E-state index contributed by atoms with van der Waals surface area (Å²) in [6.07, 6.45) is 9.89. The number of nitrogens with one attached hydrogen (secondary N) is 3. The third-order valence-corrected chi connectivity index (χ3v) is 10.4. The number of hydrogen-bond acceptors (Lipinski definition) is 9. The third kappa shape index (κ3) is 10.7. The van der Waals surface area contributed by atoms with Crippen LogP contribution >= 0.6 is 59.4 Å². The normalized spacial score (nSPS) is 10.6. The Hall–Kier alpha value is -6.34. The van der Waals surface area contributed by atoms with Gasteiger partial charge in [-0.3, -0.25) is 14.4 Å². The molecule has 0 atom stereocenters. The zero-order valence-corrected chi connectivity index (χ0v) is 38.0. The van der Waals surface area contributed by atoms with Gasteiger partial charge in [0.15, 0.2) is 46.3 Å². The number of aromatic amines is 3. The Morgan fingerprint density at radius 1 is 0.587 bits per heavy atom. The standard InChI is InChI=1S/C15H10BrFN2O2.C14H8BrFN2O2.C8H6ClFO2.C7H5BrN2/c1-21-12-4-2-3-9(13(12)17)14(20)11-7-19-15-10(11)5-8(16)6-18-15;15-7-4-9-10(6-18-14(9)17-5-7)13(20)8-2-1-3-11(19)12(8)16;1-12-6-4-2-3-5(7(6)10)8(9)11;8-6-3-5-1-2-9-7(5)10-4-6/h2-7H,1H3,(H,18,19);1-6,19H,(H,17,18);2-4H,1H3;1-4H,(H,9,10). The van der Waals surface area contributed by atoms with Gasteiger partial charge in [-0.15, -0.1) is 0 Å². The van der Waals surface area contributed by atoms with E-state index in [4.69, 9.17) is 16.3 Å². The summed E-state index contributed by atoms with van der Waals surface area (Å²) < 4.78 is 53.2. The lowest BCUT2D eigenvalue weighted by molar-refractivity contribution is 0.102. The Morgan fingerprint density at radius 2 is 1.03 bits per heavy atom.